The van der Waals surface area contributed by atoms with Crippen molar-refractivity contribution in [1.82, 2.24) is 4.98 Å². The van der Waals surface area contributed by atoms with E-state index < -0.39 is 11.8 Å². The Labute approximate surface area is 154 Å². The quantitative estimate of drug-likeness (QED) is 0.744. The number of anilines is 1. The molecule has 2 unspecified atom stereocenters. The molecule has 2 atom stereocenters. The number of carbonyl (C=O) groups is 1. The molecule has 0 aliphatic heterocycles. The highest BCUT2D eigenvalue weighted by Crippen LogP contribution is 2.33. The van der Waals surface area contributed by atoms with Crippen LogP contribution in [0.2, 0.25) is 0 Å². The Morgan fingerprint density at radius 2 is 2.24 bits per heavy atom. The summed E-state index contributed by atoms with van der Waals surface area (Å²) in [6.45, 7) is 2.03. The molecule has 5 nitrogen and oxygen atoms in total. The van der Waals surface area contributed by atoms with Gasteiger partial charge in [-0.3, -0.25) is 4.98 Å². The molecule has 1 aromatic carbocycles. The summed E-state index contributed by atoms with van der Waals surface area (Å²) in [5.74, 6) is -0.837. The third-order valence-corrected chi connectivity index (χ3v) is 5.08. The number of ether oxygens (including phenoxy) is 2. The van der Waals surface area contributed by atoms with E-state index in [1.807, 2.05) is 0 Å². The first kappa shape index (κ1) is 18.1. The van der Waals surface area contributed by atoms with E-state index >= 15 is 0 Å². The van der Waals surface area contributed by atoms with Gasteiger partial charge in [-0.2, -0.15) is 0 Å². The highest BCUT2D eigenvalue weighted by atomic mass is 79.9. The van der Waals surface area contributed by atoms with Gasteiger partial charge in [0.25, 0.3) is 0 Å². The lowest BCUT2D eigenvalue weighted by Crippen LogP contribution is -2.20. The van der Waals surface area contributed by atoms with Crippen molar-refractivity contribution in [3.63, 3.8) is 0 Å². The van der Waals surface area contributed by atoms with Gasteiger partial charge in [0.15, 0.2) is 0 Å². The average molecular weight is 411 g/mol. The number of pyridine rings is 1. The molecule has 0 amide bonds. The third-order valence-electron chi connectivity index (χ3n) is 4.47. The van der Waals surface area contributed by atoms with Crippen LogP contribution in [0.5, 0.6) is 0 Å². The molecule has 7 heteroatoms. The standard InChI is InChI=1S/C18H20BrFN2O3/c1-3-25-18(23)13-9-21-16-8-15(20)14(19)7-12(16)17(13)22-10-4-5-11(6-10)24-2/h7-11H,3-6H2,1-2H3,(H,21,22). The Kier molecular flexibility index (Phi) is 5.54. The SMILES string of the molecule is CCOC(=O)c1cnc2cc(F)c(Br)cc2c1NC1CCC(OC)C1. The number of esters is 1. The lowest BCUT2D eigenvalue weighted by molar-refractivity contribution is 0.0527. The molecule has 2 aromatic rings. The van der Waals surface area contributed by atoms with Crippen LogP contribution >= 0.6 is 15.9 Å². The van der Waals surface area contributed by atoms with Crippen LogP contribution in [0.15, 0.2) is 22.8 Å². The number of carbonyl (C=O) groups excluding carboxylic acids is 1. The van der Waals surface area contributed by atoms with Crippen molar-refractivity contribution >= 4 is 38.5 Å². The lowest BCUT2D eigenvalue weighted by Gasteiger charge is -2.19. The number of benzene rings is 1. The van der Waals surface area contributed by atoms with Gasteiger partial charge in [-0.15, -0.1) is 0 Å². The second-order valence-electron chi connectivity index (χ2n) is 6.06. The number of fused-ring (bicyclic) bond motifs is 1. The Morgan fingerprint density at radius 3 is 2.92 bits per heavy atom. The lowest BCUT2D eigenvalue weighted by atomic mass is 10.1. The number of aromatic nitrogens is 1. The number of nitrogens with one attached hydrogen (secondary N) is 1. The molecule has 1 N–H and O–H groups in total. The summed E-state index contributed by atoms with van der Waals surface area (Å²) in [6.07, 6.45) is 4.40. The van der Waals surface area contributed by atoms with Crippen molar-refractivity contribution in [3.8, 4) is 0 Å². The van der Waals surface area contributed by atoms with Gasteiger partial charge in [-0.25, -0.2) is 9.18 Å². The minimum atomic E-state index is -0.443. The number of rotatable bonds is 5. The van der Waals surface area contributed by atoms with Crippen molar-refractivity contribution in [2.24, 2.45) is 0 Å². The highest BCUT2D eigenvalue weighted by molar-refractivity contribution is 9.10. The molecule has 0 spiro atoms. The van der Waals surface area contributed by atoms with E-state index in [-0.39, 0.29) is 18.8 Å². The number of hydrogen-bond donors (Lipinski definition) is 1. The van der Waals surface area contributed by atoms with Crippen molar-refractivity contribution in [2.45, 2.75) is 38.3 Å². The summed E-state index contributed by atoms with van der Waals surface area (Å²) >= 11 is 3.21. The molecule has 1 saturated carbocycles. The van der Waals surface area contributed by atoms with E-state index in [0.717, 1.165) is 19.3 Å². The second kappa shape index (κ2) is 7.66. The van der Waals surface area contributed by atoms with E-state index in [1.54, 1.807) is 20.1 Å². The summed E-state index contributed by atoms with van der Waals surface area (Å²) in [4.78, 5) is 16.6. The monoisotopic (exact) mass is 410 g/mol. The molecule has 0 bridgehead atoms. The first-order valence-electron chi connectivity index (χ1n) is 8.27. The maximum Gasteiger partial charge on any atom is 0.341 e. The summed E-state index contributed by atoms with van der Waals surface area (Å²) in [7, 11) is 1.71. The van der Waals surface area contributed by atoms with Crippen molar-refractivity contribution in [3.05, 3.63) is 34.2 Å². The Morgan fingerprint density at radius 1 is 1.44 bits per heavy atom. The zero-order chi connectivity index (χ0) is 18.0. The van der Waals surface area contributed by atoms with Gasteiger partial charge in [0.1, 0.15) is 11.4 Å². The smallest absolute Gasteiger partial charge is 0.341 e. The Bertz CT molecular complexity index is 799. The van der Waals surface area contributed by atoms with Crippen LogP contribution in [0.4, 0.5) is 10.1 Å². The van der Waals surface area contributed by atoms with E-state index in [0.29, 0.717) is 26.6 Å². The molecule has 1 aromatic heterocycles. The zero-order valence-corrected chi connectivity index (χ0v) is 15.7. The molecule has 134 valence electrons. The summed E-state index contributed by atoms with van der Waals surface area (Å²) in [5.41, 5.74) is 1.47. The molecule has 3 rings (SSSR count). The van der Waals surface area contributed by atoms with Gasteiger partial charge < -0.3 is 14.8 Å². The van der Waals surface area contributed by atoms with E-state index in [1.165, 1.54) is 12.3 Å². The summed E-state index contributed by atoms with van der Waals surface area (Å²) in [5, 5.41) is 4.12. The van der Waals surface area contributed by atoms with Gasteiger partial charge in [0, 0.05) is 30.8 Å². The van der Waals surface area contributed by atoms with Crippen LogP contribution in [0.25, 0.3) is 10.9 Å². The maximum absolute atomic E-state index is 13.8. The minimum Gasteiger partial charge on any atom is -0.462 e. The minimum absolute atomic E-state index is 0.174. The fourth-order valence-electron chi connectivity index (χ4n) is 3.20. The number of halogens is 2. The van der Waals surface area contributed by atoms with Gasteiger partial charge in [0.05, 0.1) is 28.4 Å². The fourth-order valence-corrected chi connectivity index (χ4v) is 3.54. The molecular weight excluding hydrogens is 391 g/mol. The van der Waals surface area contributed by atoms with Crippen molar-refractivity contribution in [2.75, 3.05) is 19.0 Å². The van der Waals surface area contributed by atoms with Gasteiger partial charge in [-0.1, -0.05) is 0 Å². The summed E-state index contributed by atoms with van der Waals surface area (Å²) < 4.78 is 24.7. The number of hydrogen-bond acceptors (Lipinski definition) is 5. The van der Waals surface area contributed by atoms with E-state index in [4.69, 9.17) is 9.47 Å². The second-order valence-corrected chi connectivity index (χ2v) is 6.92. The molecule has 1 aliphatic carbocycles. The van der Waals surface area contributed by atoms with Crippen LogP contribution in [-0.2, 0) is 9.47 Å². The number of nitrogens with zero attached hydrogens (tertiary/aromatic N) is 1. The van der Waals surface area contributed by atoms with Crippen LogP contribution in [0.3, 0.4) is 0 Å². The van der Waals surface area contributed by atoms with Crippen LogP contribution < -0.4 is 5.32 Å². The van der Waals surface area contributed by atoms with Crippen LogP contribution in [0, 0.1) is 5.82 Å². The van der Waals surface area contributed by atoms with Gasteiger partial charge >= 0.3 is 5.97 Å². The fraction of sp³-hybridized carbons (Fsp3) is 0.444. The molecule has 25 heavy (non-hydrogen) atoms. The third kappa shape index (κ3) is 3.77. The Balaban J connectivity index is 2.05. The first-order chi connectivity index (χ1) is 12.0. The molecular formula is C18H20BrFN2O3. The Hall–Kier alpha value is -1.73. The predicted molar refractivity (Wildman–Crippen MR) is 97.4 cm³/mol. The van der Waals surface area contributed by atoms with Crippen molar-refractivity contribution < 1.29 is 18.7 Å². The molecule has 0 radical (unpaired) electrons. The average Bonchev–Trinajstić information content (AvgIpc) is 3.04. The number of methoxy groups -OCH3 is 1. The maximum atomic E-state index is 13.8. The van der Waals surface area contributed by atoms with E-state index in [9.17, 15) is 9.18 Å². The van der Waals surface area contributed by atoms with Gasteiger partial charge in [-0.05, 0) is 48.2 Å². The first-order valence-corrected chi connectivity index (χ1v) is 9.07. The highest BCUT2D eigenvalue weighted by Gasteiger charge is 2.27. The molecule has 1 aliphatic rings. The normalized spacial score (nSPS) is 20.0. The largest absolute Gasteiger partial charge is 0.462 e. The molecule has 0 saturated heterocycles. The predicted octanol–water partition coefficient (Wildman–Crippen LogP) is 4.29. The molecule has 1 fully saturated rings. The zero-order valence-electron chi connectivity index (χ0n) is 14.1. The van der Waals surface area contributed by atoms with Crippen LogP contribution in [0.1, 0.15) is 36.5 Å². The van der Waals surface area contributed by atoms with Crippen LogP contribution in [-0.4, -0.2) is 36.8 Å². The van der Waals surface area contributed by atoms with E-state index in [2.05, 4.69) is 26.2 Å². The molecule has 1 heterocycles. The topological polar surface area (TPSA) is 60.5 Å². The summed E-state index contributed by atoms with van der Waals surface area (Å²) in [6, 6.07) is 3.17. The van der Waals surface area contributed by atoms with Crippen molar-refractivity contribution in [1.29, 1.82) is 0 Å². The van der Waals surface area contributed by atoms with Gasteiger partial charge in [0.2, 0.25) is 0 Å².